The van der Waals surface area contributed by atoms with Crippen LogP contribution in [0.15, 0.2) is 0 Å². The minimum absolute atomic E-state index is 0. The summed E-state index contributed by atoms with van der Waals surface area (Å²) in [6.45, 7) is 9.96. The fourth-order valence-electron chi connectivity index (χ4n) is 1.48. The monoisotopic (exact) mass is 487 g/mol. The van der Waals surface area contributed by atoms with Gasteiger partial charge in [0.25, 0.3) is 0 Å². The average molecular weight is 487 g/mol. The molecule has 0 bridgehead atoms. The van der Waals surface area contributed by atoms with Crippen LogP contribution in [0, 0.1) is 35.6 Å². The van der Waals surface area contributed by atoms with Gasteiger partial charge in [-0.3, -0.25) is 0 Å². The van der Waals surface area contributed by atoms with Gasteiger partial charge in [-0.1, -0.05) is 0 Å². The van der Waals surface area contributed by atoms with E-state index in [1.165, 1.54) is 0 Å². The normalized spacial score (nSPS) is 16.5. The SMILES string of the molecule is CC(O)CC(C)O.CC(O)CC(C)O.CC(O)CC(C)O.O.O.[La]. The standard InChI is InChI=1S/3C5H12O2.La.2H2O/c3*1-4(6)3-5(2)7;;;/h3*4-7H,3H2,1-2H3;;2*1H2. The van der Waals surface area contributed by atoms with Crippen molar-refractivity contribution in [2.75, 3.05) is 0 Å². The number of hydrogen-bond donors (Lipinski definition) is 6. The maximum absolute atomic E-state index is 8.56. The summed E-state index contributed by atoms with van der Waals surface area (Å²) in [7, 11) is 0. The van der Waals surface area contributed by atoms with Gasteiger partial charge in [0.05, 0.1) is 36.6 Å². The number of aliphatic hydroxyl groups is 6. The van der Waals surface area contributed by atoms with Crippen molar-refractivity contribution in [3.8, 4) is 0 Å². The van der Waals surface area contributed by atoms with E-state index in [2.05, 4.69) is 0 Å². The molecule has 1 radical (unpaired) electrons. The Kier molecular flexibility index (Phi) is 43.3. The van der Waals surface area contributed by atoms with Crippen LogP contribution < -0.4 is 0 Å². The molecule has 0 aromatic heterocycles. The zero-order valence-corrected chi connectivity index (χ0v) is 19.5. The van der Waals surface area contributed by atoms with E-state index in [-0.39, 0.29) is 83.2 Å². The van der Waals surface area contributed by atoms with Gasteiger partial charge >= 0.3 is 0 Å². The van der Waals surface area contributed by atoms with E-state index in [1.54, 1.807) is 41.5 Å². The molecule has 0 saturated carbocycles. The van der Waals surface area contributed by atoms with Crippen LogP contribution in [0.25, 0.3) is 0 Å². The second-order valence-electron chi connectivity index (χ2n) is 5.80. The van der Waals surface area contributed by atoms with E-state index in [9.17, 15) is 0 Å². The third-order valence-corrected chi connectivity index (χ3v) is 2.05. The Morgan fingerprint density at radius 3 is 0.500 bits per heavy atom. The zero-order valence-electron chi connectivity index (χ0n) is 15.8. The molecule has 10 N–H and O–H groups in total. The predicted molar refractivity (Wildman–Crippen MR) is 91.2 cm³/mol. The van der Waals surface area contributed by atoms with Crippen molar-refractivity contribution >= 4 is 0 Å². The van der Waals surface area contributed by atoms with Crippen molar-refractivity contribution in [2.24, 2.45) is 0 Å². The Morgan fingerprint density at radius 1 is 0.417 bits per heavy atom. The van der Waals surface area contributed by atoms with Crippen LogP contribution in [0.3, 0.4) is 0 Å². The summed E-state index contributed by atoms with van der Waals surface area (Å²) in [5.74, 6) is 0. The summed E-state index contributed by atoms with van der Waals surface area (Å²) < 4.78 is 0. The molecular formula is C15H40LaO8. The minimum Gasteiger partial charge on any atom is -0.412 e. The average Bonchev–Trinajstić information content (AvgIpc) is 2.10. The Morgan fingerprint density at radius 2 is 0.500 bits per heavy atom. The van der Waals surface area contributed by atoms with Crippen molar-refractivity contribution in [2.45, 2.75) is 97.4 Å². The Hall–Kier alpha value is 0.875. The van der Waals surface area contributed by atoms with Crippen molar-refractivity contribution in [1.82, 2.24) is 0 Å². The van der Waals surface area contributed by atoms with Gasteiger partial charge in [0, 0.05) is 35.6 Å². The first-order valence-corrected chi connectivity index (χ1v) is 7.46. The molecule has 6 unspecified atom stereocenters. The van der Waals surface area contributed by atoms with Crippen molar-refractivity contribution in [3.63, 3.8) is 0 Å². The third kappa shape index (κ3) is 66.0. The molecule has 8 nitrogen and oxygen atoms in total. The molecule has 0 aliphatic heterocycles. The molecule has 0 aromatic carbocycles. The van der Waals surface area contributed by atoms with E-state index in [0.717, 1.165) is 0 Å². The van der Waals surface area contributed by atoms with Gasteiger partial charge in [0.1, 0.15) is 0 Å². The quantitative estimate of drug-likeness (QED) is 0.272. The fraction of sp³-hybridized carbons (Fsp3) is 1.00. The molecule has 0 rings (SSSR count). The Balaban J connectivity index is -0.0000000476. The van der Waals surface area contributed by atoms with Gasteiger partial charge in [-0.2, -0.15) is 0 Å². The largest absolute Gasteiger partial charge is 0.412 e. The van der Waals surface area contributed by atoms with Crippen LogP contribution in [0.2, 0.25) is 0 Å². The predicted octanol–water partition coefficient (Wildman–Crippen LogP) is -1.24. The van der Waals surface area contributed by atoms with Crippen LogP contribution in [-0.4, -0.2) is 78.2 Å². The Labute approximate surface area is 174 Å². The summed E-state index contributed by atoms with van der Waals surface area (Å²) >= 11 is 0. The molecule has 0 heterocycles. The molecule has 0 aliphatic carbocycles. The summed E-state index contributed by atoms with van der Waals surface area (Å²) in [5, 5.41) is 51.4. The first kappa shape index (κ1) is 39.8. The van der Waals surface area contributed by atoms with Crippen molar-refractivity contribution in [1.29, 1.82) is 0 Å². The summed E-state index contributed by atoms with van der Waals surface area (Å²) in [6.07, 6.45) is -0.833. The zero-order chi connectivity index (χ0) is 17.6. The number of hydrogen-bond acceptors (Lipinski definition) is 6. The van der Waals surface area contributed by atoms with Crippen LogP contribution >= 0.6 is 0 Å². The van der Waals surface area contributed by atoms with Gasteiger partial charge in [-0.15, -0.1) is 0 Å². The third-order valence-electron chi connectivity index (χ3n) is 2.05. The fourth-order valence-corrected chi connectivity index (χ4v) is 1.48. The van der Waals surface area contributed by atoms with Crippen molar-refractivity contribution in [3.05, 3.63) is 0 Å². The smallest absolute Gasteiger partial charge is 0.0536 e. The summed E-state index contributed by atoms with van der Waals surface area (Å²) in [5.41, 5.74) is 0. The van der Waals surface area contributed by atoms with E-state index in [4.69, 9.17) is 30.6 Å². The molecule has 151 valence electrons. The van der Waals surface area contributed by atoms with Gasteiger partial charge in [-0.05, 0) is 60.8 Å². The Bertz CT molecular complexity index is 149. The van der Waals surface area contributed by atoms with Crippen LogP contribution in [-0.2, 0) is 0 Å². The van der Waals surface area contributed by atoms with Crippen molar-refractivity contribution < 1.29 is 77.2 Å². The molecule has 0 aliphatic rings. The van der Waals surface area contributed by atoms with Gasteiger partial charge in [-0.25, -0.2) is 0 Å². The molecule has 0 spiro atoms. The van der Waals surface area contributed by atoms with Crippen LogP contribution in [0.1, 0.15) is 60.8 Å². The summed E-state index contributed by atoms with van der Waals surface area (Å²) in [6, 6.07) is 0. The molecule has 6 atom stereocenters. The van der Waals surface area contributed by atoms with E-state index in [1.807, 2.05) is 0 Å². The van der Waals surface area contributed by atoms with E-state index in [0.29, 0.717) is 19.3 Å². The minimum atomic E-state index is -0.375. The topological polar surface area (TPSA) is 184 Å². The molecule has 0 fully saturated rings. The first-order valence-electron chi connectivity index (χ1n) is 7.46. The molecular weight excluding hydrogens is 447 g/mol. The molecule has 0 saturated heterocycles. The molecule has 0 amide bonds. The van der Waals surface area contributed by atoms with Crippen LogP contribution in [0.4, 0.5) is 0 Å². The number of rotatable bonds is 6. The van der Waals surface area contributed by atoms with Crippen LogP contribution in [0.5, 0.6) is 0 Å². The second-order valence-corrected chi connectivity index (χ2v) is 5.80. The van der Waals surface area contributed by atoms with E-state index >= 15 is 0 Å². The molecule has 9 heteroatoms. The summed E-state index contributed by atoms with van der Waals surface area (Å²) in [4.78, 5) is 0. The molecule has 24 heavy (non-hydrogen) atoms. The van der Waals surface area contributed by atoms with E-state index < -0.39 is 0 Å². The van der Waals surface area contributed by atoms with Gasteiger partial charge in [0.2, 0.25) is 0 Å². The molecule has 0 aromatic rings. The van der Waals surface area contributed by atoms with Gasteiger partial charge in [0.15, 0.2) is 0 Å². The maximum atomic E-state index is 8.56. The van der Waals surface area contributed by atoms with Gasteiger partial charge < -0.3 is 41.6 Å². The maximum Gasteiger partial charge on any atom is 0.0536 e. The first-order chi connectivity index (χ1) is 9.38. The number of aliphatic hydroxyl groups excluding tert-OH is 6. The second kappa shape index (κ2) is 26.1.